The van der Waals surface area contributed by atoms with Crippen LogP contribution in [-0.2, 0) is 4.79 Å². The van der Waals surface area contributed by atoms with Gasteiger partial charge in [0.2, 0.25) is 5.91 Å². The van der Waals surface area contributed by atoms with E-state index in [1.54, 1.807) is 7.11 Å². The van der Waals surface area contributed by atoms with Crippen molar-refractivity contribution in [3.05, 3.63) is 23.8 Å². The van der Waals surface area contributed by atoms with Gasteiger partial charge in [0.05, 0.1) is 20.3 Å². The third-order valence-electron chi connectivity index (χ3n) is 7.46. The summed E-state index contributed by atoms with van der Waals surface area (Å²) in [6.45, 7) is 9.51. The molecule has 3 heterocycles. The third kappa shape index (κ3) is 5.57. The van der Waals surface area contributed by atoms with Crippen molar-refractivity contribution < 1.29 is 14.3 Å². The van der Waals surface area contributed by atoms with Gasteiger partial charge < -0.3 is 14.8 Å². The highest BCUT2D eigenvalue weighted by atomic mass is 16.5. The molecule has 0 radical (unpaired) electrons. The number of carbonyl (C=O) groups is 1. The van der Waals surface area contributed by atoms with E-state index in [0.29, 0.717) is 37.1 Å². The van der Waals surface area contributed by atoms with Crippen LogP contribution in [0.1, 0.15) is 64.0 Å². The van der Waals surface area contributed by atoms with Crippen LogP contribution in [0.15, 0.2) is 18.2 Å². The van der Waals surface area contributed by atoms with Gasteiger partial charge in [0.15, 0.2) is 11.5 Å². The van der Waals surface area contributed by atoms with E-state index in [1.165, 1.54) is 18.4 Å². The number of hydrogen-bond acceptors (Lipinski definition) is 5. The molecule has 2 fully saturated rings. The van der Waals surface area contributed by atoms with Crippen LogP contribution in [0.25, 0.3) is 0 Å². The van der Waals surface area contributed by atoms with E-state index in [1.807, 2.05) is 0 Å². The summed E-state index contributed by atoms with van der Waals surface area (Å²) in [5, 5.41) is 3.30. The maximum absolute atomic E-state index is 12.8. The Morgan fingerprint density at radius 2 is 2.09 bits per heavy atom. The van der Waals surface area contributed by atoms with Crippen LogP contribution in [0.3, 0.4) is 0 Å². The first kappa shape index (κ1) is 23.4. The number of methoxy groups -OCH3 is 1. The van der Waals surface area contributed by atoms with Crippen LogP contribution in [-0.4, -0.2) is 68.2 Å². The van der Waals surface area contributed by atoms with Crippen molar-refractivity contribution in [3.63, 3.8) is 0 Å². The van der Waals surface area contributed by atoms with Gasteiger partial charge in [-0.25, -0.2) is 0 Å². The lowest BCUT2D eigenvalue weighted by molar-refractivity contribution is -0.122. The molecule has 0 unspecified atom stereocenters. The fourth-order valence-corrected chi connectivity index (χ4v) is 5.68. The van der Waals surface area contributed by atoms with Crippen molar-refractivity contribution in [1.82, 2.24) is 15.1 Å². The van der Waals surface area contributed by atoms with Crippen molar-refractivity contribution in [3.8, 4) is 11.5 Å². The number of nitrogens with one attached hydrogen (secondary N) is 1. The molecule has 2 saturated heterocycles. The maximum atomic E-state index is 12.8. The summed E-state index contributed by atoms with van der Waals surface area (Å²) in [6.07, 6.45) is 6.68. The molecule has 3 aliphatic heterocycles. The summed E-state index contributed by atoms with van der Waals surface area (Å²) >= 11 is 0. The van der Waals surface area contributed by atoms with Gasteiger partial charge in [0.1, 0.15) is 0 Å². The normalized spacial score (nSPS) is 27.8. The summed E-state index contributed by atoms with van der Waals surface area (Å²) in [5.74, 6) is 3.01. The Labute approximate surface area is 193 Å². The summed E-state index contributed by atoms with van der Waals surface area (Å²) in [6, 6.07) is 7.41. The predicted octanol–water partition coefficient (Wildman–Crippen LogP) is 3.86. The number of ether oxygens (including phenoxy) is 2. The van der Waals surface area contributed by atoms with Gasteiger partial charge in [0.25, 0.3) is 0 Å². The summed E-state index contributed by atoms with van der Waals surface area (Å²) in [7, 11) is 1.71. The zero-order valence-electron chi connectivity index (χ0n) is 20.1. The molecule has 0 aromatic heterocycles. The number of nitrogens with zero attached hydrogens (tertiary/aromatic N) is 2. The van der Waals surface area contributed by atoms with E-state index in [0.717, 1.165) is 63.4 Å². The summed E-state index contributed by atoms with van der Waals surface area (Å²) < 4.78 is 11.8. The molecule has 1 aromatic rings. The number of rotatable bonds is 4. The first-order valence-electron chi connectivity index (χ1n) is 12.6. The third-order valence-corrected chi connectivity index (χ3v) is 7.46. The molecular formula is C26H41N3O3. The van der Waals surface area contributed by atoms with E-state index in [9.17, 15) is 4.79 Å². The number of amides is 1. The molecule has 6 heteroatoms. The monoisotopic (exact) mass is 443 g/mol. The van der Waals surface area contributed by atoms with E-state index in [-0.39, 0.29) is 5.91 Å². The Bertz CT molecular complexity index is 769. The average Bonchev–Trinajstić information content (AvgIpc) is 3.38. The number of hydrogen-bond donors (Lipinski definition) is 1. The average molecular weight is 444 g/mol. The highest BCUT2D eigenvalue weighted by Gasteiger charge is 2.44. The topological polar surface area (TPSA) is 54.0 Å². The van der Waals surface area contributed by atoms with Gasteiger partial charge in [-0.15, -0.1) is 0 Å². The van der Waals surface area contributed by atoms with Gasteiger partial charge in [-0.1, -0.05) is 19.9 Å². The number of carbonyl (C=O) groups excluding carboxylic acids is 1. The van der Waals surface area contributed by atoms with Crippen LogP contribution in [0, 0.1) is 11.8 Å². The van der Waals surface area contributed by atoms with E-state index in [2.05, 4.69) is 47.2 Å². The molecule has 1 amide bonds. The van der Waals surface area contributed by atoms with Gasteiger partial charge >= 0.3 is 0 Å². The number of benzene rings is 1. The molecule has 0 saturated carbocycles. The second kappa shape index (κ2) is 10.9. The zero-order chi connectivity index (χ0) is 22.5. The highest BCUT2D eigenvalue weighted by Crippen LogP contribution is 2.46. The van der Waals surface area contributed by atoms with E-state index in [4.69, 9.17) is 9.47 Å². The van der Waals surface area contributed by atoms with Crippen LogP contribution in [0.2, 0.25) is 0 Å². The minimum atomic E-state index is 0.178. The molecule has 0 aliphatic carbocycles. The standard InChI is InChI=1S/C26H41N3O3/c1-19(2)10-13-28-11-4-5-14-32-25-16-20(8-9-24(25)31-3)23-15-21(17-27-26(30)18-28)22-7-6-12-29(22)23/h8-9,16,19,21-23H,4-7,10-15,17-18H2,1-3H3,(H,27,30)/t21-,22+,23-/m1/s1. The van der Waals surface area contributed by atoms with Gasteiger partial charge in [0, 0.05) is 18.6 Å². The quantitative estimate of drug-likeness (QED) is 0.766. The second-order valence-corrected chi connectivity index (χ2v) is 10.2. The fraction of sp³-hybridized carbons (Fsp3) is 0.731. The Balaban J connectivity index is 1.53. The minimum Gasteiger partial charge on any atom is -0.493 e. The van der Waals surface area contributed by atoms with Gasteiger partial charge in [-0.05, 0) is 87.7 Å². The molecule has 0 spiro atoms. The van der Waals surface area contributed by atoms with Gasteiger partial charge in [-0.2, -0.15) is 0 Å². The van der Waals surface area contributed by atoms with Crippen LogP contribution >= 0.6 is 0 Å². The molecule has 4 rings (SSSR count). The fourth-order valence-electron chi connectivity index (χ4n) is 5.68. The lowest BCUT2D eigenvalue weighted by Crippen LogP contribution is -2.41. The van der Waals surface area contributed by atoms with E-state index < -0.39 is 0 Å². The molecule has 1 N–H and O–H groups in total. The second-order valence-electron chi connectivity index (χ2n) is 10.2. The number of fused-ring (bicyclic) bond motifs is 8. The molecule has 178 valence electrons. The zero-order valence-corrected chi connectivity index (χ0v) is 20.1. The minimum absolute atomic E-state index is 0.178. The molecule has 4 bridgehead atoms. The Morgan fingerprint density at radius 3 is 2.91 bits per heavy atom. The summed E-state index contributed by atoms with van der Waals surface area (Å²) in [4.78, 5) is 17.8. The molecule has 3 aliphatic rings. The van der Waals surface area contributed by atoms with Crippen molar-refractivity contribution >= 4 is 5.91 Å². The molecule has 3 atom stereocenters. The molecular weight excluding hydrogens is 402 g/mol. The lowest BCUT2D eigenvalue weighted by Gasteiger charge is -2.25. The summed E-state index contributed by atoms with van der Waals surface area (Å²) in [5.41, 5.74) is 1.31. The van der Waals surface area contributed by atoms with Crippen LogP contribution in [0.4, 0.5) is 0 Å². The first-order chi connectivity index (χ1) is 15.5. The maximum Gasteiger partial charge on any atom is 0.234 e. The lowest BCUT2D eigenvalue weighted by atomic mass is 9.94. The van der Waals surface area contributed by atoms with Crippen molar-refractivity contribution in [2.24, 2.45) is 11.8 Å². The molecule has 1 aromatic carbocycles. The SMILES string of the molecule is COc1ccc2cc1OCCCCN(CCC(C)C)CC(=O)NC[C@H]1C[C@H]2N2CCC[C@@H]12. The smallest absolute Gasteiger partial charge is 0.234 e. The Kier molecular flexibility index (Phi) is 7.95. The van der Waals surface area contributed by atoms with Crippen LogP contribution < -0.4 is 14.8 Å². The van der Waals surface area contributed by atoms with Crippen molar-refractivity contribution in [2.45, 2.75) is 64.5 Å². The van der Waals surface area contributed by atoms with E-state index >= 15 is 0 Å². The van der Waals surface area contributed by atoms with Crippen molar-refractivity contribution in [2.75, 3.05) is 46.4 Å². The Morgan fingerprint density at radius 1 is 1.22 bits per heavy atom. The molecule has 32 heavy (non-hydrogen) atoms. The molecule has 6 nitrogen and oxygen atoms in total. The van der Waals surface area contributed by atoms with Gasteiger partial charge in [-0.3, -0.25) is 14.6 Å². The highest BCUT2D eigenvalue weighted by molar-refractivity contribution is 5.78. The van der Waals surface area contributed by atoms with Crippen molar-refractivity contribution in [1.29, 1.82) is 0 Å². The van der Waals surface area contributed by atoms with Crippen LogP contribution in [0.5, 0.6) is 11.5 Å². The predicted molar refractivity (Wildman–Crippen MR) is 127 cm³/mol. The Hall–Kier alpha value is -1.79. The first-order valence-corrected chi connectivity index (χ1v) is 12.6. The largest absolute Gasteiger partial charge is 0.493 e.